The maximum Gasteiger partial charge on any atom is 0.246 e. The SMILES string of the molecule is CCC1NC(=O)C(C(C)C)N(C(C)CCS(C)=O)C1=O. The summed E-state index contributed by atoms with van der Waals surface area (Å²) < 4.78 is 11.2. The number of rotatable bonds is 6. The molecule has 116 valence electrons. The maximum atomic E-state index is 12.5. The third kappa shape index (κ3) is 3.81. The van der Waals surface area contributed by atoms with Gasteiger partial charge in [-0.05, 0) is 25.7 Å². The van der Waals surface area contributed by atoms with Gasteiger partial charge in [-0.15, -0.1) is 0 Å². The lowest BCUT2D eigenvalue weighted by molar-refractivity contribution is -0.153. The second-order valence-corrected chi connectivity index (χ2v) is 7.37. The van der Waals surface area contributed by atoms with Crippen LogP contribution >= 0.6 is 0 Å². The van der Waals surface area contributed by atoms with Gasteiger partial charge in [-0.1, -0.05) is 20.8 Å². The molecule has 0 radical (unpaired) electrons. The Labute approximate surface area is 123 Å². The van der Waals surface area contributed by atoms with E-state index in [-0.39, 0.29) is 23.8 Å². The van der Waals surface area contributed by atoms with Crippen LogP contribution in [0.5, 0.6) is 0 Å². The monoisotopic (exact) mass is 302 g/mol. The molecule has 0 spiro atoms. The molecule has 1 aliphatic rings. The number of hydrogen-bond acceptors (Lipinski definition) is 3. The number of piperazine rings is 1. The Kier molecular flexibility index (Phi) is 6.17. The standard InChI is InChI=1S/C14H26N2O3S/c1-6-11-14(18)16(10(4)7-8-20(5)19)12(9(2)3)13(17)15-11/h9-12H,6-8H2,1-5H3,(H,15,17). The smallest absolute Gasteiger partial charge is 0.246 e. The minimum absolute atomic E-state index is 0.0137. The van der Waals surface area contributed by atoms with Crippen molar-refractivity contribution in [2.24, 2.45) is 5.92 Å². The molecule has 0 aliphatic carbocycles. The van der Waals surface area contributed by atoms with Gasteiger partial charge >= 0.3 is 0 Å². The zero-order valence-corrected chi connectivity index (χ0v) is 13.8. The highest BCUT2D eigenvalue weighted by Gasteiger charge is 2.43. The number of hydrogen-bond donors (Lipinski definition) is 1. The number of nitrogens with one attached hydrogen (secondary N) is 1. The molecule has 20 heavy (non-hydrogen) atoms. The largest absolute Gasteiger partial charge is 0.343 e. The lowest BCUT2D eigenvalue weighted by atomic mass is 9.94. The Morgan fingerprint density at radius 3 is 2.35 bits per heavy atom. The van der Waals surface area contributed by atoms with Crippen molar-refractivity contribution < 1.29 is 13.8 Å². The predicted octanol–water partition coefficient (Wildman–Crippen LogP) is 0.905. The van der Waals surface area contributed by atoms with Gasteiger partial charge in [0.15, 0.2) is 0 Å². The summed E-state index contributed by atoms with van der Waals surface area (Å²) in [7, 11) is -0.882. The van der Waals surface area contributed by atoms with Crippen LogP contribution in [0.1, 0.15) is 40.5 Å². The molecule has 4 unspecified atom stereocenters. The molecule has 0 aromatic rings. The highest BCUT2D eigenvalue weighted by atomic mass is 32.2. The van der Waals surface area contributed by atoms with Gasteiger partial charge in [-0.2, -0.15) is 0 Å². The van der Waals surface area contributed by atoms with Gasteiger partial charge in [0.05, 0.1) is 0 Å². The minimum Gasteiger partial charge on any atom is -0.343 e. The van der Waals surface area contributed by atoms with Gasteiger partial charge in [0, 0.05) is 28.9 Å². The van der Waals surface area contributed by atoms with Crippen molar-refractivity contribution in [3.05, 3.63) is 0 Å². The highest BCUT2D eigenvalue weighted by Crippen LogP contribution is 2.22. The first-order valence-corrected chi connectivity index (χ1v) is 8.94. The molecule has 1 heterocycles. The topological polar surface area (TPSA) is 66.5 Å². The zero-order chi connectivity index (χ0) is 15.4. The van der Waals surface area contributed by atoms with Crippen molar-refractivity contribution in [3.63, 3.8) is 0 Å². The normalized spacial score (nSPS) is 26.6. The van der Waals surface area contributed by atoms with E-state index >= 15 is 0 Å². The molecule has 1 rings (SSSR count). The van der Waals surface area contributed by atoms with E-state index in [1.807, 2.05) is 27.7 Å². The van der Waals surface area contributed by atoms with Gasteiger partial charge in [0.25, 0.3) is 0 Å². The van der Waals surface area contributed by atoms with Gasteiger partial charge in [0.1, 0.15) is 12.1 Å². The van der Waals surface area contributed by atoms with E-state index in [0.29, 0.717) is 18.6 Å². The average Bonchev–Trinajstić information content (AvgIpc) is 2.37. The summed E-state index contributed by atoms with van der Waals surface area (Å²) in [5.74, 6) is 0.524. The first kappa shape index (κ1) is 17.1. The molecule has 5 nitrogen and oxygen atoms in total. The molecular formula is C14H26N2O3S. The Balaban J connectivity index is 2.96. The summed E-state index contributed by atoms with van der Waals surface area (Å²) in [4.78, 5) is 26.5. The molecule has 4 atom stereocenters. The second-order valence-electron chi connectivity index (χ2n) is 5.82. The van der Waals surface area contributed by atoms with Crippen LogP contribution in [0.2, 0.25) is 0 Å². The van der Waals surface area contributed by atoms with Crippen molar-refractivity contribution in [1.29, 1.82) is 0 Å². The van der Waals surface area contributed by atoms with E-state index in [9.17, 15) is 13.8 Å². The molecule has 1 saturated heterocycles. The van der Waals surface area contributed by atoms with Gasteiger partial charge in [0.2, 0.25) is 11.8 Å². The van der Waals surface area contributed by atoms with Crippen molar-refractivity contribution in [1.82, 2.24) is 10.2 Å². The molecule has 1 aliphatic heterocycles. The molecular weight excluding hydrogens is 276 g/mol. The third-order valence-electron chi connectivity index (χ3n) is 3.78. The van der Waals surface area contributed by atoms with E-state index in [4.69, 9.17) is 0 Å². The van der Waals surface area contributed by atoms with Crippen LogP contribution in [0.25, 0.3) is 0 Å². The van der Waals surface area contributed by atoms with Crippen LogP contribution in [0.4, 0.5) is 0 Å². The zero-order valence-electron chi connectivity index (χ0n) is 13.0. The fraction of sp³-hybridized carbons (Fsp3) is 0.857. The van der Waals surface area contributed by atoms with E-state index in [0.717, 1.165) is 0 Å². The second kappa shape index (κ2) is 7.20. The van der Waals surface area contributed by atoms with E-state index < -0.39 is 22.9 Å². The lowest BCUT2D eigenvalue weighted by Gasteiger charge is -2.44. The van der Waals surface area contributed by atoms with Crippen LogP contribution in [-0.4, -0.2) is 51.1 Å². The maximum absolute atomic E-state index is 12.5. The molecule has 2 amide bonds. The Hall–Kier alpha value is -0.910. The fourth-order valence-corrected chi connectivity index (χ4v) is 3.30. The lowest BCUT2D eigenvalue weighted by Crippen LogP contribution is -2.66. The highest BCUT2D eigenvalue weighted by molar-refractivity contribution is 7.84. The number of carbonyl (C=O) groups excluding carboxylic acids is 2. The molecule has 0 saturated carbocycles. The number of nitrogens with zero attached hydrogens (tertiary/aromatic N) is 1. The quantitative estimate of drug-likeness (QED) is 0.793. The number of amides is 2. The molecule has 0 aromatic carbocycles. The molecule has 6 heteroatoms. The average molecular weight is 302 g/mol. The minimum atomic E-state index is -0.882. The predicted molar refractivity (Wildman–Crippen MR) is 80.7 cm³/mol. The molecule has 1 fully saturated rings. The first-order valence-electron chi connectivity index (χ1n) is 7.22. The van der Waals surface area contributed by atoms with Crippen molar-refractivity contribution in [2.75, 3.05) is 12.0 Å². The van der Waals surface area contributed by atoms with Crippen LogP contribution in [-0.2, 0) is 20.4 Å². The summed E-state index contributed by atoms with van der Waals surface area (Å²) >= 11 is 0. The third-order valence-corrected chi connectivity index (χ3v) is 4.59. The molecule has 0 bridgehead atoms. The summed E-state index contributed by atoms with van der Waals surface area (Å²) in [6.07, 6.45) is 2.91. The molecule has 0 aromatic heterocycles. The van der Waals surface area contributed by atoms with Crippen molar-refractivity contribution in [3.8, 4) is 0 Å². The summed E-state index contributed by atoms with van der Waals surface area (Å²) in [6, 6.07) is -0.920. The van der Waals surface area contributed by atoms with Crippen molar-refractivity contribution in [2.45, 2.75) is 58.7 Å². The Bertz CT molecular complexity index is 398. The van der Waals surface area contributed by atoms with E-state index in [2.05, 4.69) is 5.32 Å². The van der Waals surface area contributed by atoms with Gasteiger partial charge in [-0.3, -0.25) is 13.8 Å². The van der Waals surface area contributed by atoms with Gasteiger partial charge in [-0.25, -0.2) is 0 Å². The summed E-state index contributed by atoms with van der Waals surface area (Å²) in [5.41, 5.74) is 0. The van der Waals surface area contributed by atoms with Crippen LogP contribution in [0.3, 0.4) is 0 Å². The van der Waals surface area contributed by atoms with Gasteiger partial charge < -0.3 is 10.2 Å². The van der Waals surface area contributed by atoms with Crippen LogP contribution < -0.4 is 5.32 Å². The fourth-order valence-electron chi connectivity index (χ4n) is 2.63. The van der Waals surface area contributed by atoms with E-state index in [1.165, 1.54) is 0 Å². The summed E-state index contributed by atoms with van der Waals surface area (Å²) in [5, 5.41) is 2.81. The van der Waals surface area contributed by atoms with Crippen LogP contribution in [0.15, 0.2) is 0 Å². The van der Waals surface area contributed by atoms with Crippen molar-refractivity contribution >= 4 is 22.6 Å². The first-order chi connectivity index (χ1) is 9.29. The molecule has 1 N–H and O–H groups in total. The number of carbonyl (C=O) groups is 2. The van der Waals surface area contributed by atoms with Crippen LogP contribution in [0, 0.1) is 5.92 Å². The Morgan fingerprint density at radius 2 is 1.90 bits per heavy atom. The Morgan fingerprint density at radius 1 is 1.30 bits per heavy atom. The van der Waals surface area contributed by atoms with E-state index in [1.54, 1.807) is 11.2 Å². The summed E-state index contributed by atoms with van der Waals surface area (Å²) in [6.45, 7) is 7.72.